The van der Waals surface area contributed by atoms with Gasteiger partial charge in [-0.1, -0.05) is 0 Å². The van der Waals surface area contributed by atoms with E-state index in [0.717, 1.165) is 4.88 Å². The van der Waals surface area contributed by atoms with Gasteiger partial charge in [-0.3, -0.25) is 4.79 Å². The highest BCUT2D eigenvalue weighted by Gasteiger charge is 2.26. The number of carbonyl (C=O) groups excluding carboxylic acids is 1. The maximum atomic E-state index is 12.2. The lowest BCUT2D eigenvalue weighted by atomic mass is 10.1. The number of hydrogen-bond donors (Lipinski definition) is 0. The lowest BCUT2D eigenvalue weighted by Gasteiger charge is -2.08. The Kier molecular flexibility index (Phi) is 5.81. The van der Waals surface area contributed by atoms with Crippen molar-refractivity contribution in [1.29, 1.82) is 0 Å². The van der Waals surface area contributed by atoms with Crippen LogP contribution in [0.1, 0.15) is 51.7 Å². The van der Waals surface area contributed by atoms with Crippen LogP contribution in [-0.4, -0.2) is 18.6 Å². The molecule has 26 heavy (non-hydrogen) atoms. The van der Waals surface area contributed by atoms with Gasteiger partial charge in [0.05, 0.1) is 6.61 Å². The van der Waals surface area contributed by atoms with Crippen LogP contribution in [0.4, 0.5) is 13.2 Å². The number of allylic oxidation sites excluding steroid dienone is 1. The molecule has 0 radical (unpaired) electrons. The zero-order valence-electron chi connectivity index (χ0n) is 14.1. The summed E-state index contributed by atoms with van der Waals surface area (Å²) in [7, 11) is 0. The molecule has 1 saturated carbocycles. The number of ether oxygens (including phenoxy) is 1. The fraction of sp³-hybridized carbons (Fsp3) is 0.350. The first kappa shape index (κ1) is 18.7. The molecule has 1 fully saturated rings. The molecule has 0 saturated heterocycles. The number of alkyl halides is 3. The van der Waals surface area contributed by atoms with Crippen molar-refractivity contribution < 1.29 is 22.7 Å². The number of ketones is 1. The molecule has 0 bridgehead atoms. The Balaban J connectivity index is 1.49. The van der Waals surface area contributed by atoms with Crippen LogP contribution < -0.4 is 4.74 Å². The zero-order chi connectivity index (χ0) is 18.6. The number of hydrogen-bond acceptors (Lipinski definition) is 3. The Morgan fingerprint density at radius 1 is 1.15 bits per heavy atom. The number of carbonyl (C=O) groups is 1. The van der Waals surface area contributed by atoms with Gasteiger partial charge in [-0.25, -0.2) is 0 Å². The summed E-state index contributed by atoms with van der Waals surface area (Å²) >= 11 is 1.72. The molecule has 2 aromatic rings. The van der Waals surface area contributed by atoms with Crippen molar-refractivity contribution in [2.24, 2.45) is 0 Å². The zero-order valence-corrected chi connectivity index (χ0v) is 14.9. The molecule has 1 aliphatic carbocycles. The van der Waals surface area contributed by atoms with Gasteiger partial charge < -0.3 is 4.74 Å². The SMILES string of the molecule is O=C(C=Cc1ccc(C2CC2)s1)c1ccc(OCCCC(F)(F)F)cc1. The summed E-state index contributed by atoms with van der Waals surface area (Å²) in [6, 6.07) is 10.6. The molecule has 0 unspecified atom stereocenters. The maximum absolute atomic E-state index is 12.2. The molecule has 1 heterocycles. The van der Waals surface area contributed by atoms with E-state index in [0.29, 0.717) is 17.2 Å². The number of thiophene rings is 1. The van der Waals surface area contributed by atoms with E-state index in [1.165, 1.54) is 17.7 Å². The molecule has 1 aliphatic rings. The highest BCUT2D eigenvalue weighted by Crippen LogP contribution is 2.43. The van der Waals surface area contributed by atoms with Crippen LogP contribution >= 0.6 is 11.3 Å². The van der Waals surface area contributed by atoms with Crippen LogP contribution in [0.3, 0.4) is 0 Å². The molecule has 1 aromatic heterocycles. The lowest BCUT2D eigenvalue weighted by molar-refractivity contribution is -0.136. The first-order valence-corrected chi connectivity index (χ1v) is 9.34. The summed E-state index contributed by atoms with van der Waals surface area (Å²) in [6.07, 6.45) is 0.770. The highest BCUT2D eigenvalue weighted by molar-refractivity contribution is 7.13. The molecule has 2 nitrogen and oxygen atoms in total. The third kappa shape index (κ3) is 5.73. The summed E-state index contributed by atoms with van der Waals surface area (Å²) in [5.74, 6) is 1.05. The van der Waals surface area contributed by atoms with Gasteiger partial charge in [0.2, 0.25) is 0 Å². The third-order valence-corrected chi connectivity index (χ3v) is 5.25. The van der Waals surface area contributed by atoms with E-state index in [1.54, 1.807) is 41.7 Å². The fourth-order valence-electron chi connectivity index (χ4n) is 2.48. The molecule has 0 atom stereocenters. The van der Waals surface area contributed by atoms with Gasteiger partial charge in [0, 0.05) is 21.7 Å². The molecule has 138 valence electrons. The predicted octanol–water partition coefficient (Wildman–Crippen LogP) is 6.24. The number of rotatable bonds is 8. The van der Waals surface area contributed by atoms with Crippen LogP contribution in [0, 0.1) is 0 Å². The van der Waals surface area contributed by atoms with E-state index in [9.17, 15) is 18.0 Å². The average Bonchev–Trinajstić information content (AvgIpc) is 3.35. The maximum Gasteiger partial charge on any atom is 0.389 e. The van der Waals surface area contributed by atoms with Crippen LogP contribution in [0.2, 0.25) is 0 Å². The van der Waals surface area contributed by atoms with Crippen molar-refractivity contribution in [2.45, 2.75) is 37.8 Å². The Labute approximate surface area is 154 Å². The summed E-state index contributed by atoms with van der Waals surface area (Å²) in [5.41, 5.74) is 0.517. The second-order valence-corrected chi connectivity index (χ2v) is 7.45. The largest absolute Gasteiger partial charge is 0.494 e. The molecule has 1 aromatic carbocycles. The predicted molar refractivity (Wildman–Crippen MR) is 96.9 cm³/mol. The van der Waals surface area contributed by atoms with Crippen molar-refractivity contribution in [3.05, 3.63) is 57.8 Å². The monoisotopic (exact) mass is 380 g/mol. The minimum atomic E-state index is -4.16. The molecule has 0 N–H and O–H groups in total. The van der Waals surface area contributed by atoms with E-state index in [4.69, 9.17) is 4.74 Å². The molecule has 6 heteroatoms. The van der Waals surface area contributed by atoms with E-state index >= 15 is 0 Å². The van der Waals surface area contributed by atoms with Gasteiger partial charge in [0.1, 0.15) is 5.75 Å². The van der Waals surface area contributed by atoms with Crippen LogP contribution in [0.15, 0.2) is 42.5 Å². The Bertz CT molecular complexity index is 771. The normalized spacial score (nSPS) is 14.7. The van der Waals surface area contributed by atoms with Gasteiger partial charge in [-0.2, -0.15) is 13.2 Å². The van der Waals surface area contributed by atoms with Gasteiger partial charge in [-0.05, 0) is 73.7 Å². The summed E-state index contributed by atoms with van der Waals surface area (Å²) in [4.78, 5) is 14.6. The Morgan fingerprint density at radius 3 is 2.54 bits per heavy atom. The second kappa shape index (κ2) is 8.08. The molecule has 0 aliphatic heterocycles. The van der Waals surface area contributed by atoms with E-state index < -0.39 is 12.6 Å². The van der Waals surface area contributed by atoms with Crippen molar-refractivity contribution in [3.8, 4) is 5.75 Å². The van der Waals surface area contributed by atoms with E-state index in [2.05, 4.69) is 6.07 Å². The van der Waals surface area contributed by atoms with E-state index in [-0.39, 0.29) is 18.8 Å². The quantitative estimate of drug-likeness (QED) is 0.308. The van der Waals surface area contributed by atoms with Crippen molar-refractivity contribution in [1.82, 2.24) is 0 Å². The minimum Gasteiger partial charge on any atom is -0.494 e. The summed E-state index contributed by atoms with van der Waals surface area (Å²) in [5, 5.41) is 0. The molecular weight excluding hydrogens is 361 g/mol. The van der Waals surface area contributed by atoms with Crippen molar-refractivity contribution in [3.63, 3.8) is 0 Å². The van der Waals surface area contributed by atoms with Gasteiger partial charge in [0.25, 0.3) is 0 Å². The van der Waals surface area contributed by atoms with Crippen molar-refractivity contribution in [2.75, 3.05) is 6.61 Å². The highest BCUT2D eigenvalue weighted by atomic mass is 32.1. The standard InChI is InChI=1S/C20H19F3O2S/c21-20(22,23)12-1-13-25-16-6-4-14(5-7-16)18(24)10-8-17-9-11-19(26-17)15-2-3-15/h4-11,15H,1-3,12-13H2. The summed E-state index contributed by atoms with van der Waals surface area (Å²) in [6.45, 7) is -0.00554. The molecule has 0 spiro atoms. The van der Waals surface area contributed by atoms with Crippen molar-refractivity contribution >= 4 is 23.2 Å². The average molecular weight is 380 g/mol. The van der Waals surface area contributed by atoms with Gasteiger partial charge >= 0.3 is 6.18 Å². The van der Waals surface area contributed by atoms with Crippen LogP contribution in [0.25, 0.3) is 6.08 Å². The first-order valence-electron chi connectivity index (χ1n) is 8.52. The molecule has 0 amide bonds. The van der Waals surface area contributed by atoms with Gasteiger partial charge in [0.15, 0.2) is 5.78 Å². The molecule has 3 rings (SSSR count). The van der Waals surface area contributed by atoms with E-state index in [1.807, 2.05) is 12.1 Å². The van der Waals surface area contributed by atoms with Gasteiger partial charge in [-0.15, -0.1) is 11.3 Å². The fourth-order valence-corrected chi connectivity index (χ4v) is 3.56. The topological polar surface area (TPSA) is 26.3 Å². The Hall–Kier alpha value is -2.08. The van der Waals surface area contributed by atoms with Crippen LogP contribution in [0.5, 0.6) is 5.75 Å². The third-order valence-electron chi connectivity index (χ3n) is 4.04. The number of halogens is 3. The number of benzene rings is 1. The Morgan fingerprint density at radius 2 is 1.88 bits per heavy atom. The minimum absolute atomic E-state index is 0.00554. The summed E-state index contributed by atoms with van der Waals surface area (Å²) < 4.78 is 41.5. The lowest BCUT2D eigenvalue weighted by Crippen LogP contribution is -2.09. The smallest absolute Gasteiger partial charge is 0.389 e. The second-order valence-electron chi connectivity index (χ2n) is 6.30. The van der Waals surface area contributed by atoms with Crippen LogP contribution in [-0.2, 0) is 0 Å². The first-order chi connectivity index (χ1) is 12.4. The molecular formula is C20H19F3O2S.